The molecular weight excluding hydrogens is 488 g/mol. The van der Waals surface area contributed by atoms with Gasteiger partial charge in [0.2, 0.25) is 17.7 Å². The number of anilines is 1. The van der Waals surface area contributed by atoms with Crippen LogP contribution in [0, 0.1) is 12.8 Å². The molecule has 0 aliphatic carbocycles. The van der Waals surface area contributed by atoms with E-state index in [4.69, 9.17) is 14.0 Å². The maximum atomic E-state index is 13.9. The second-order valence-corrected chi connectivity index (χ2v) is 10.4. The molecule has 2 aromatic rings. The molecule has 0 unspecified atom stereocenters. The van der Waals surface area contributed by atoms with Gasteiger partial charge in [0.1, 0.15) is 11.8 Å². The average molecular weight is 531 g/mol. The Morgan fingerprint density at radius 3 is 2.39 bits per heavy atom. The van der Waals surface area contributed by atoms with E-state index in [2.05, 4.69) is 29.6 Å². The van der Waals surface area contributed by atoms with Crippen molar-refractivity contribution in [1.82, 2.24) is 15.4 Å². The number of carbonyl (C=O) groups excluding carboxylic acids is 3. The average Bonchev–Trinajstić information content (AvgIpc) is 3.28. The van der Waals surface area contributed by atoms with Gasteiger partial charge >= 0.3 is 0 Å². The molecule has 0 bridgehead atoms. The van der Waals surface area contributed by atoms with E-state index >= 15 is 0 Å². The van der Waals surface area contributed by atoms with Crippen LogP contribution in [0.15, 0.2) is 28.8 Å². The minimum atomic E-state index is -0.988. The molecule has 0 fully saturated rings. The molecule has 1 atom stereocenters. The van der Waals surface area contributed by atoms with Crippen LogP contribution >= 0.6 is 0 Å². The molecule has 38 heavy (non-hydrogen) atoms. The Labute approximate surface area is 225 Å². The molecule has 10 heteroatoms. The van der Waals surface area contributed by atoms with Crippen LogP contribution in [0.25, 0.3) is 0 Å². The molecule has 0 saturated heterocycles. The number of hydrogen-bond acceptors (Lipinski definition) is 7. The highest BCUT2D eigenvalue weighted by atomic mass is 16.5. The summed E-state index contributed by atoms with van der Waals surface area (Å²) in [4.78, 5) is 41.6. The second kappa shape index (κ2) is 13.8. The maximum absolute atomic E-state index is 13.9. The summed E-state index contributed by atoms with van der Waals surface area (Å²) in [6.07, 6.45) is 1.20. The molecule has 0 aliphatic rings. The summed E-state index contributed by atoms with van der Waals surface area (Å²) in [5.74, 6) is 0.945. The van der Waals surface area contributed by atoms with Crippen LogP contribution in [0.1, 0.15) is 77.7 Å². The van der Waals surface area contributed by atoms with Crippen LogP contribution in [-0.2, 0) is 14.4 Å². The van der Waals surface area contributed by atoms with Crippen molar-refractivity contribution in [3.05, 3.63) is 35.6 Å². The van der Waals surface area contributed by atoms with Gasteiger partial charge in [-0.3, -0.25) is 14.4 Å². The van der Waals surface area contributed by atoms with E-state index in [1.54, 1.807) is 36.1 Å². The Morgan fingerprint density at radius 1 is 1.13 bits per heavy atom. The summed E-state index contributed by atoms with van der Waals surface area (Å²) < 4.78 is 16.1. The molecule has 2 rings (SSSR count). The minimum absolute atomic E-state index is 0.0764. The largest absolute Gasteiger partial charge is 0.493 e. The van der Waals surface area contributed by atoms with Crippen molar-refractivity contribution in [3.63, 3.8) is 0 Å². The molecule has 0 spiro atoms. The molecule has 2 N–H and O–H groups in total. The molecular formula is C28H42N4O6. The summed E-state index contributed by atoms with van der Waals surface area (Å²) in [5, 5.41) is 9.48. The monoisotopic (exact) mass is 530 g/mol. The number of methoxy groups -OCH3 is 2. The number of carbonyl (C=O) groups is 3. The number of para-hydroxylation sites is 1. The fourth-order valence-electron chi connectivity index (χ4n) is 3.86. The third-order valence-electron chi connectivity index (χ3n) is 6.36. The normalized spacial score (nSPS) is 12.1. The molecule has 1 aromatic carbocycles. The number of aryl methyl sites for hydroxylation is 1. The third kappa shape index (κ3) is 8.49. The van der Waals surface area contributed by atoms with Crippen molar-refractivity contribution >= 4 is 23.5 Å². The third-order valence-corrected chi connectivity index (χ3v) is 6.36. The lowest BCUT2D eigenvalue weighted by atomic mass is 9.97. The summed E-state index contributed by atoms with van der Waals surface area (Å²) in [6.45, 7) is 12.0. The van der Waals surface area contributed by atoms with Gasteiger partial charge in [-0.25, -0.2) is 0 Å². The van der Waals surface area contributed by atoms with Gasteiger partial charge < -0.3 is 29.5 Å². The van der Waals surface area contributed by atoms with Crippen LogP contribution in [0.2, 0.25) is 0 Å². The van der Waals surface area contributed by atoms with E-state index in [1.165, 1.54) is 14.2 Å². The van der Waals surface area contributed by atoms with Gasteiger partial charge in [-0.2, -0.15) is 0 Å². The fourth-order valence-corrected chi connectivity index (χ4v) is 3.86. The molecule has 1 aromatic heterocycles. The van der Waals surface area contributed by atoms with Crippen molar-refractivity contribution in [3.8, 4) is 11.5 Å². The maximum Gasteiger partial charge on any atom is 0.248 e. The lowest BCUT2D eigenvalue weighted by Crippen LogP contribution is -2.50. The van der Waals surface area contributed by atoms with E-state index in [9.17, 15) is 14.4 Å². The number of nitrogens with one attached hydrogen (secondary N) is 2. The van der Waals surface area contributed by atoms with Crippen LogP contribution in [0.5, 0.6) is 11.5 Å². The first-order valence-corrected chi connectivity index (χ1v) is 13.0. The second-order valence-electron chi connectivity index (χ2n) is 10.4. The molecule has 1 heterocycles. The van der Waals surface area contributed by atoms with Gasteiger partial charge in [-0.1, -0.05) is 38.1 Å². The van der Waals surface area contributed by atoms with Crippen LogP contribution in [0.3, 0.4) is 0 Å². The number of ether oxygens (including phenoxy) is 2. The Bertz CT molecular complexity index is 1090. The number of aromatic nitrogens is 1. The topological polar surface area (TPSA) is 123 Å². The molecule has 3 amide bonds. The zero-order chi connectivity index (χ0) is 28.5. The van der Waals surface area contributed by atoms with E-state index in [0.717, 1.165) is 0 Å². The first-order valence-electron chi connectivity index (χ1n) is 13.0. The summed E-state index contributed by atoms with van der Waals surface area (Å²) in [7, 11) is 3.02. The lowest BCUT2D eigenvalue weighted by molar-refractivity contribution is -0.142. The minimum Gasteiger partial charge on any atom is -0.493 e. The van der Waals surface area contributed by atoms with Gasteiger partial charge in [-0.05, 0) is 45.6 Å². The zero-order valence-electron chi connectivity index (χ0n) is 23.8. The van der Waals surface area contributed by atoms with Gasteiger partial charge in [0.25, 0.3) is 0 Å². The fraction of sp³-hybridized carbons (Fsp3) is 0.571. The van der Waals surface area contributed by atoms with Crippen molar-refractivity contribution in [2.75, 3.05) is 26.1 Å². The van der Waals surface area contributed by atoms with Gasteiger partial charge in [0, 0.05) is 36.6 Å². The van der Waals surface area contributed by atoms with Gasteiger partial charge in [-0.15, -0.1) is 0 Å². The SMILES string of the molecule is CCC(C)(C)NC(=O)[C@@H](c1cccc(OC)c1OC)N(CCC(C)C)C(=O)CCC(=O)Nc1cc(C)on1. The van der Waals surface area contributed by atoms with Gasteiger partial charge in [0.05, 0.1) is 14.2 Å². The summed E-state index contributed by atoms with van der Waals surface area (Å²) >= 11 is 0. The predicted molar refractivity (Wildman–Crippen MR) is 145 cm³/mol. The van der Waals surface area contributed by atoms with Gasteiger partial charge in [0.15, 0.2) is 17.3 Å². The number of rotatable bonds is 14. The number of nitrogens with zero attached hydrogens (tertiary/aromatic N) is 2. The number of hydrogen-bond donors (Lipinski definition) is 2. The number of amides is 3. The standard InChI is InChI=1S/C28H42N4O6/c1-9-28(5,6)30-27(35)25(20-11-10-12-21(36-7)26(20)37-8)32(16-15-18(2)3)24(34)14-13-23(33)29-22-17-19(4)38-31-22/h10-12,17-18,25H,9,13-16H2,1-8H3,(H,30,35)(H,29,31,33)/t25-/m1/s1. The molecule has 0 saturated carbocycles. The quantitative estimate of drug-likeness (QED) is 0.365. The highest BCUT2D eigenvalue weighted by molar-refractivity contribution is 5.94. The first-order chi connectivity index (χ1) is 17.9. The summed E-state index contributed by atoms with van der Waals surface area (Å²) in [6, 6.07) is 5.88. The van der Waals surface area contributed by atoms with E-state index < -0.39 is 11.6 Å². The number of benzene rings is 1. The smallest absolute Gasteiger partial charge is 0.248 e. The van der Waals surface area contributed by atoms with E-state index in [0.29, 0.717) is 42.2 Å². The van der Waals surface area contributed by atoms with Crippen molar-refractivity contribution < 1.29 is 28.4 Å². The highest BCUT2D eigenvalue weighted by Crippen LogP contribution is 2.38. The van der Waals surface area contributed by atoms with Crippen molar-refractivity contribution in [2.45, 2.75) is 78.8 Å². The van der Waals surface area contributed by atoms with E-state index in [1.807, 2.05) is 20.8 Å². The Hall–Kier alpha value is -3.56. The van der Waals surface area contributed by atoms with E-state index in [-0.39, 0.29) is 42.3 Å². The highest BCUT2D eigenvalue weighted by Gasteiger charge is 2.36. The Balaban J connectivity index is 2.44. The Morgan fingerprint density at radius 2 is 1.84 bits per heavy atom. The molecule has 0 aliphatic heterocycles. The van der Waals surface area contributed by atoms with Crippen molar-refractivity contribution in [1.29, 1.82) is 0 Å². The lowest BCUT2D eigenvalue weighted by Gasteiger charge is -2.35. The summed E-state index contributed by atoms with van der Waals surface area (Å²) in [5.41, 5.74) is 0.0139. The predicted octanol–water partition coefficient (Wildman–Crippen LogP) is 4.64. The van der Waals surface area contributed by atoms with Crippen LogP contribution in [-0.4, -0.2) is 54.1 Å². The van der Waals surface area contributed by atoms with Crippen molar-refractivity contribution in [2.24, 2.45) is 5.92 Å². The Kier molecular flexibility index (Phi) is 11.2. The molecule has 210 valence electrons. The molecule has 10 nitrogen and oxygen atoms in total. The first kappa shape index (κ1) is 30.7. The van der Waals surface area contributed by atoms with Crippen LogP contribution < -0.4 is 20.1 Å². The van der Waals surface area contributed by atoms with Crippen LogP contribution in [0.4, 0.5) is 5.82 Å². The molecule has 0 radical (unpaired) electrons. The zero-order valence-corrected chi connectivity index (χ0v) is 23.8.